The Morgan fingerprint density at radius 2 is 1.86 bits per heavy atom. The Bertz CT molecular complexity index is 1290. The van der Waals surface area contributed by atoms with Crippen LogP contribution in [-0.4, -0.2) is 51.0 Å². The highest BCUT2D eigenvalue weighted by atomic mass is 35.5. The van der Waals surface area contributed by atoms with E-state index in [1.54, 1.807) is 24.5 Å². The number of nitrogens with zero attached hydrogens (tertiary/aromatic N) is 5. The van der Waals surface area contributed by atoms with E-state index in [9.17, 15) is 13.7 Å². The number of hydrogen-bond donors (Lipinski definition) is 2. The molecule has 2 aliphatic heterocycles. The number of aromatic nitrogens is 4. The first kappa shape index (κ1) is 27.9. The molecule has 4 heterocycles. The van der Waals surface area contributed by atoms with Crippen LogP contribution in [0.15, 0.2) is 18.3 Å². The topological polar surface area (TPSA) is 110 Å². The van der Waals surface area contributed by atoms with E-state index in [1.807, 2.05) is 20.8 Å². The molecule has 1 aromatic carbocycles. The van der Waals surface area contributed by atoms with Gasteiger partial charge in [-0.25, -0.2) is 27.9 Å². The zero-order valence-corrected chi connectivity index (χ0v) is 23.6. The summed E-state index contributed by atoms with van der Waals surface area (Å²) in [5, 5.41) is 10.7. The highest BCUT2D eigenvalue weighted by molar-refractivity contribution is 7.82. The lowest BCUT2D eigenvalue weighted by Crippen LogP contribution is -2.41. The van der Waals surface area contributed by atoms with Crippen molar-refractivity contribution in [2.24, 2.45) is 0 Å². The van der Waals surface area contributed by atoms with Gasteiger partial charge in [-0.05, 0) is 65.5 Å². The second-order valence-corrected chi connectivity index (χ2v) is 12.5. The fourth-order valence-electron chi connectivity index (χ4n) is 5.38. The number of piperidine rings is 1. The molecule has 37 heavy (non-hydrogen) atoms. The number of rotatable bonds is 5. The van der Waals surface area contributed by atoms with Crippen LogP contribution in [0.4, 0.5) is 10.3 Å². The van der Waals surface area contributed by atoms with Crippen LogP contribution >= 0.6 is 11.6 Å². The largest absolute Gasteiger partial charge is 0.383 e. The Kier molecular flexibility index (Phi) is 8.23. The highest BCUT2D eigenvalue weighted by Gasteiger charge is 2.39. The molecular weight excluding hydrogens is 515 g/mol. The van der Waals surface area contributed by atoms with E-state index < -0.39 is 22.4 Å². The maximum absolute atomic E-state index is 14.7. The predicted octanol–water partition coefficient (Wildman–Crippen LogP) is 5.36. The number of halogens is 2. The van der Waals surface area contributed by atoms with Crippen molar-refractivity contribution in [2.45, 2.75) is 90.4 Å². The van der Waals surface area contributed by atoms with Crippen LogP contribution in [0.1, 0.15) is 78.6 Å². The normalized spacial score (nSPS) is 20.8. The Labute approximate surface area is 225 Å². The summed E-state index contributed by atoms with van der Waals surface area (Å²) in [6, 6.07) is 4.33. The maximum atomic E-state index is 14.7. The molecule has 3 aromatic rings. The zero-order valence-electron chi connectivity index (χ0n) is 22.0. The summed E-state index contributed by atoms with van der Waals surface area (Å²) in [6.45, 7) is 9.14. The van der Waals surface area contributed by atoms with E-state index in [0.29, 0.717) is 34.7 Å². The molecular formula is C26H36ClFN6O2S. The van der Waals surface area contributed by atoms with Gasteiger partial charge in [0.2, 0.25) is 5.95 Å². The number of nitrogen functional groups attached to an aromatic ring is 1. The second kappa shape index (κ2) is 10.9. The van der Waals surface area contributed by atoms with Crippen molar-refractivity contribution in [1.82, 2.24) is 23.8 Å². The molecule has 11 heteroatoms. The standard InChI is InChI=1S/C17H19ClFN5O.C9H17NOS/c1-8(2)24-12-6-9(13-10(18)7-21-16(20)23-13)5-11(19)14(12)22-15(24)17(3,4)25;1-2-12(11)10-8-4-3-5-9(10)7-6-8/h5-8,25H,1-4H3,(H2,20,21,23);8-9H,2-7H2,1H3/t;8-,9?,12?/m.1/s1. The molecule has 0 amide bonds. The monoisotopic (exact) mass is 550 g/mol. The fraction of sp³-hybridized carbons (Fsp3) is 0.577. The summed E-state index contributed by atoms with van der Waals surface area (Å²) in [6.07, 6.45) is 7.87. The Balaban J connectivity index is 0.000000222. The zero-order chi connectivity index (χ0) is 27.1. The first-order valence-electron chi connectivity index (χ1n) is 12.8. The molecule has 2 saturated heterocycles. The van der Waals surface area contributed by atoms with Gasteiger partial charge in [0, 0.05) is 29.4 Å². The van der Waals surface area contributed by atoms with E-state index >= 15 is 0 Å². The van der Waals surface area contributed by atoms with Crippen LogP contribution in [0.25, 0.3) is 22.3 Å². The van der Waals surface area contributed by atoms with Gasteiger partial charge in [0.15, 0.2) is 5.82 Å². The minimum absolute atomic E-state index is 0.0352. The third-order valence-corrected chi connectivity index (χ3v) is 8.80. The van der Waals surface area contributed by atoms with Crippen LogP contribution in [0.3, 0.4) is 0 Å². The van der Waals surface area contributed by atoms with Crippen LogP contribution < -0.4 is 5.73 Å². The van der Waals surface area contributed by atoms with Crippen molar-refractivity contribution < 1.29 is 13.7 Å². The van der Waals surface area contributed by atoms with Gasteiger partial charge >= 0.3 is 0 Å². The van der Waals surface area contributed by atoms with Gasteiger partial charge < -0.3 is 15.4 Å². The molecule has 0 spiro atoms. The molecule has 5 rings (SSSR count). The Morgan fingerprint density at radius 1 is 1.22 bits per heavy atom. The van der Waals surface area contributed by atoms with Gasteiger partial charge in [-0.15, -0.1) is 0 Å². The highest BCUT2D eigenvalue weighted by Crippen LogP contribution is 2.37. The van der Waals surface area contributed by atoms with E-state index in [0.717, 1.165) is 5.75 Å². The average molecular weight is 551 g/mol. The quantitative estimate of drug-likeness (QED) is 0.442. The number of imidazole rings is 1. The minimum atomic E-state index is -1.22. The lowest BCUT2D eigenvalue weighted by molar-refractivity contribution is 0.0641. The van der Waals surface area contributed by atoms with Gasteiger partial charge in [-0.2, -0.15) is 0 Å². The van der Waals surface area contributed by atoms with Gasteiger partial charge in [0.1, 0.15) is 16.9 Å². The minimum Gasteiger partial charge on any atom is -0.383 e. The lowest BCUT2D eigenvalue weighted by atomic mass is 10.1. The van der Waals surface area contributed by atoms with E-state index in [-0.39, 0.29) is 22.5 Å². The molecule has 2 bridgehead atoms. The van der Waals surface area contributed by atoms with Crippen molar-refractivity contribution in [1.29, 1.82) is 0 Å². The van der Waals surface area contributed by atoms with Crippen molar-refractivity contribution in [3.63, 3.8) is 0 Å². The number of hydrogen-bond acceptors (Lipinski definition) is 6. The molecule has 2 fully saturated rings. The molecule has 3 N–H and O–H groups in total. The summed E-state index contributed by atoms with van der Waals surface area (Å²) in [4.78, 5) is 12.3. The number of benzene rings is 1. The smallest absolute Gasteiger partial charge is 0.220 e. The molecule has 2 unspecified atom stereocenters. The van der Waals surface area contributed by atoms with Crippen LogP contribution in [-0.2, 0) is 16.6 Å². The van der Waals surface area contributed by atoms with Crippen molar-refractivity contribution in [2.75, 3.05) is 11.5 Å². The average Bonchev–Trinajstić information content (AvgIpc) is 3.35. The molecule has 202 valence electrons. The number of nitrogens with two attached hydrogens (primary N) is 1. The summed E-state index contributed by atoms with van der Waals surface area (Å²) in [7, 11) is -0.678. The van der Waals surface area contributed by atoms with Gasteiger partial charge in [-0.1, -0.05) is 24.9 Å². The third kappa shape index (κ3) is 5.67. The van der Waals surface area contributed by atoms with Crippen molar-refractivity contribution in [3.05, 3.63) is 35.0 Å². The molecule has 2 aromatic heterocycles. The molecule has 0 aliphatic carbocycles. The lowest BCUT2D eigenvalue weighted by Gasteiger charge is -2.32. The predicted molar refractivity (Wildman–Crippen MR) is 147 cm³/mol. The fourth-order valence-corrected chi connectivity index (χ4v) is 6.96. The van der Waals surface area contributed by atoms with Crippen LogP contribution in [0.5, 0.6) is 0 Å². The van der Waals surface area contributed by atoms with Gasteiger partial charge in [0.05, 0.1) is 33.4 Å². The Hall–Kier alpha value is -2.14. The molecule has 0 saturated carbocycles. The summed E-state index contributed by atoms with van der Waals surface area (Å²) < 4.78 is 30.5. The maximum Gasteiger partial charge on any atom is 0.220 e. The van der Waals surface area contributed by atoms with E-state index in [4.69, 9.17) is 17.3 Å². The van der Waals surface area contributed by atoms with Crippen molar-refractivity contribution >= 4 is 39.6 Å². The number of anilines is 1. The van der Waals surface area contributed by atoms with Gasteiger partial charge in [0.25, 0.3) is 0 Å². The Morgan fingerprint density at radius 3 is 2.43 bits per heavy atom. The molecule has 3 atom stereocenters. The van der Waals surface area contributed by atoms with E-state index in [2.05, 4.69) is 19.3 Å². The van der Waals surface area contributed by atoms with Gasteiger partial charge in [-0.3, -0.25) is 0 Å². The molecule has 2 aliphatic rings. The second-order valence-electron chi connectivity index (χ2n) is 10.5. The third-order valence-electron chi connectivity index (χ3n) is 6.96. The number of aliphatic hydroxyl groups is 1. The first-order chi connectivity index (χ1) is 17.4. The SMILES string of the molecule is CC(C)n1c(C(C)(C)O)nc2c(F)cc(-c3nc(N)ncc3Cl)cc21.CCS(=O)N1C2CCC[C@@H]1CC2. The van der Waals surface area contributed by atoms with Crippen LogP contribution in [0.2, 0.25) is 5.02 Å². The van der Waals surface area contributed by atoms with Crippen LogP contribution in [0, 0.1) is 5.82 Å². The van der Waals surface area contributed by atoms with E-state index in [1.165, 1.54) is 44.4 Å². The van der Waals surface area contributed by atoms with Crippen molar-refractivity contribution in [3.8, 4) is 11.3 Å². The first-order valence-corrected chi connectivity index (χ1v) is 14.5. The number of fused-ring (bicyclic) bond motifs is 3. The molecule has 0 radical (unpaired) electrons. The summed E-state index contributed by atoms with van der Waals surface area (Å²) in [5.74, 6) is 0.717. The molecule has 8 nitrogen and oxygen atoms in total. The summed E-state index contributed by atoms with van der Waals surface area (Å²) >= 11 is 6.15. The summed E-state index contributed by atoms with van der Waals surface area (Å²) in [5.41, 5.74) is 5.96.